The topological polar surface area (TPSA) is 605 Å². The average molecular weight is 1440 g/mol. The minimum atomic E-state index is -2.00. The zero-order chi connectivity index (χ0) is 74.7. The van der Waals surface area contributed by atoms with Gasteiger partial charge in [-0.3, -0.25) is 81.5 Å². The van der Waals surface area contributed by atoms with Crippen LogP contribution in [-0.2, 0) is 86.3 Å². The Balaban J connectivity index is 6.72. The fourth-order valence-corrected chi connectivity index (χ4v) is 9.58. The average Bonchev–Trinajstić information content (AvgIpc) is 0.928. The highest BCUT2D eigenvalue weighted by molar-refractivity contribution is 7.98. The van der Waals surface area contributed by atoms with E-state index in [1.165, 1.54) is 39.5 Å². The summed E-state index contributed by atoms with van der Waals surface area (Å²) in [5, 5.41) is 75.4. The Morgan fingerprint density at radius 1 is 0.381 bits per heavy atom. The molecule has 13 amide bonds. The molecule has 0 heterocycles. The molecule has 0 saturated carbocycles. The molecular weight excluding hydrogens is 1340 g/mol. The van der Waals surface area contributed by atoms with E-state index in [1.807, 2.05) is 0 Å². The van der Waals surface area contributed by atoms with E-state index in [4.69, 9.17) is 11.5 Å². The number of carbonyl (C=O) groups is 18. The molecular formula is C57H94N14O23S3. The van der Waals surface area contributed by atoms with E-state index in [1.54, 1.807) is 34.0 Å². The molecule has 0 aliphatic heterocycles. The molecule has 0 aliphatic carbocycles. The smallest absolute Gasteiger partial charge is 0.327 e. The first-order valence-electron chi connectivity index (χ1n) is 30.5. The lowest BCUT2D eigenvalue weighted by atomic mass is 10.00. The van der Waals surface area contributed by atoms with Crippen LogP contribution in [0.1, 0.15) is 120 Å². The summed E-state index contributed by atoms with van der Waals surface area (Å²) in [6.07, 6.45) is -4.41. The highest BCUT2D eigenvalue weighted by atomic mass is 32.2. The lowest BCUT2D eigenvalue weighted by Gasteiger charge is -2.29. The van der Waals surface area contributed by atoms with Crippen molar-refractivity contribution in [1.29, 1.82) is 0 Å². The van der Waals surface area contributed by atoms with E-state index in [0.717, 1.165) is 0 Å². The number of thiol groups is 2. The number of carbonyl (C=O) groups excluding carboxylic acids is 13. The Labute approximate surface area is 574 Å². The third kappa shape index (κ3) is 35.3. The largest absolute Gasteiger partial charge is 0.481 e. The van der Waals surface area contributed by atoms with Crippen LogP contribution in [0.25, 0.3) is 0 Å². The van der Waals surface area contributed by atoms with Gasteiger partial charge in [0.05, 0.1) is 31.8 Å². The minimum Gasteiger partial charge on any atom is -0.481 e. The molecule has 0 aromatic rings. The molecule has 40 heteroatoms. The predicted molar refractivity (Wildman–Crippen MR) is 351 cm³/mol. The molecule has 0 aromatic carbocycles. The fraction of sp³-hybridized carbons (Fsp3) is 0.684. The van der Waals surface area contributed by atoms with Crippen LogP contribution in [0.4, 0.5) is 0 Å². The van der Waals surface area contributed by atoms with Crippen LogP contribution in [0.15, 0.2) is 0 Å². The number of aliphatic carboxylic acids is 5. The van der Waals surface area contributed by atoms with Crippen molar-refractivity contribution in [2.24, 2.45) is 35.1 Å². The second kappa shape index (κ2) is 45.1. The van der Waals surface area contributed by atoms with Gasteiger partial charge < -0.3 is 101 Å². The number of carboxylic acid groups (broad SMARTS) is 5. The lowest BCUT2D eigenvalue weighted by Crippen LogP contribution is -2.61. The Bertz CT molecular complexity index is 2820. The van der Waals surface area contributed by atoms with Crippen LogP contribution in [0.2, 0.25) is 0 Å². The molecule has 0 saturated heterocycles. The maximum Gasteiger partial charge on any atom is 0.327 e. The molecule has 0 bridgehead atoms. The molecule has 548 valence electrons. The fourth-order valence-electron chi connectivity index (χ4n) is 8.70. The summed E-state index contributed by atoms with van der Waals surface area (Å²) >= 11 is 9.06. The number of amides is 13. The summed E-state index contributed by atoms with van der Waals surface area (Å²) < 4.78 is 0. The van der Waals surface area contributed by atoms with E-state index in [9.17, 15) is 112 Å². The van der Waals surface area contributed by atoms with Crippen molar-refractivity contribution in [3.8, 4) is 0 Å². The van der Waals surface area contributed by atoms with Crippen LogP contribution in [0.3, 0.4) is 0 Å². The van der Waals surface area contributed by atoms with Gasteiger partial charge in [0.15, 0.2) is 0 Å². The zero-order valence-corrected chi connectivity index (χ0v) is 57.8. The molecule has 97 heavy (non-hydrogen) atoms. The molecule has 37 nitrogen and oxygen atoms in total. The van der Waals surface area contributed by atoms with Crippen LogP contribution in [0, 0.1) is 23.7 Å². The van der Waals surface area contributed by atoms with Gasteiger partial charge in [-0.15, -0.1) is 0 Å². The first kappa shape index (κ1) is 88.5. The first-order valence-corrected chi connectivity index (χ1v) is 33.2. The van der Waals surface area contributed by atoms with Gasteiger partial charge >= 0.3 is 29.8 Å². The van der Waals surface area contributed by atoms with Gasteiger partial charge in [0.1, 0.15) is 66.5 Å². The van der Waals surface area contributed by atoms with Crippen molar-refractivity contribution in [3.05, 3.63) is 0 Å². The molecule has 12 atom stereocenters. The number of hydrogen-bond acceptors (Lipinski definition) is 22. The van der Waals surface area contributed by atoms with E-state index < -0.39 is 242 Å². The van der Waals surface area contributed by atoms with Crippen molar-refractivity contribution in [3.63, 3.8) is 0 Å². The number of nitrogens with one attached hydrogen (secondary N) is 12. The van der Waals surface area contributed by atoms with E-state index in [-0.39, 0.29) is 48.4 Å². The molecule has 0 aromatic heterocycles. The normalized spacial score (nSPS) is 14.8. The maximum absolute atomic E-state index is 14.1. The second-order valence-corrected chi connectivity index (χ2v) is 25.6. The lowest BCUT2D eigenvalue weighted by molar-refractivity contribution is -0.143. The van der Waals surface area contributed by atoms with Gasteiger partial charge in [-0.2, -0.15) is 37.0 Å². The Morgan fingerprint density at radius 3 is 1.09 bits per heavy atom. The summed E-state index contributed by atoms with van der Waals surface area (Å²) in [6.45, 7) is 11.4. The van der Waals surface area contributed by atoms with E-state index in [2.05, 4.69) is 89.1 Å². The van der Waals surface area contributed by atoms with Crippen LogP contribution < -0.4 is 75.3 Å². The number of hydrogen-bond donors (Lipinski definition) is 21. The summed E-state index contributed by atoms with van der Waals surface area (Å²) in [6, 6.07) is -19.6. The molecule has 0 radical (unpaired) electrons. The van der Waals surface area contributed by atoms with E-state index >= 15 is 0 Å². The highest BCUT2D eigenvalue weighted by Gasteiger charge is 2.39. The second-order valence-electron chi connectivity index (χ2n) is 23.9. The van der Waals surface area contributed by atoms with Crippen LogP contribution in [-0.4, -0.2) is 235 Å². The molecule has 0 rings (SSSR count). The third-order valence-corrected chi connectivity index (χ3v) is 15.2. The third-order valence-electron chi connectivity index (χ3n) is 13.8. The highest BCUT2D eigenvalue weighted by Crippen LogP contribution is 2.14. The standard InChI is InChI=1S/C57H94N14O23S3/c1-24(2)16-32(64-46(82)28(58)22-95)51(87)62-30(11-13-40(74)75)48(84)66-34(18-41(76)77)47(83)60-21-39(73)61-29(10-12-38(59)72)50(86)70-44(26(5)6)55(91)63-31(14-15-97-9)49(85)67-36(20-43(80)81)54(90)71-45(27(7)8)56(92)68-35(19-42(78)79)53(89)65-33(17-25(3)4)52(88)69-37(23-96)57(93)94/h24-37,44-45,95-96H,10-23,58H2,1-9H3,(H2,59,72)(H,60,83)(H,61,73)(H,62,87)(H,63,91)(H,64,82)(H,65,89)(H,66,84)(H,67,85)(H,68,92)(H,69,88)(H,70,86)(H,71,90)(H,74,75)(H,76,77)(H,78,79)(H,80,81)(H,93,94)/t28-,29-,30-,31-,32-,33-,34-,35-,36-,37-,44-,45-/m0/s1. The molecule has 0 unspecified atom stereocenters. The Hall–Kier alpha value is -8.53. The number of primary amides is 1. The summed E-state index contributed by atoms with van der Waals surface area (Å²) in [5.74, 6) is -24.8. The summed E-state index contributed by atoms with van der Waals surface area (Å²) in [5.41, 5.74) is 11.1. The monoisotopic (exact) mass is 1440 g/mol. The molecule has 0 fully saturated rings. The molecule has 0 spiro atoms. The Morgan fingerprint density at radius 2 is 0.711 bits per heavy atom. The van der Waals surface area contributed by atoms with Crippen molar-refractivity contribution in [2.45, 2.75) is 192 Å². The molecule has 0 aliphatic rings. The maximum atomic E-state index is 14.1. The number of rotatable bonds is 48. The van der Waals surface area contributed by atoms with Crippen LogP contribution >= 0.6 is 37.0 Å². The van der Waals surface area contributed by atoms with Gasteiger partial charge in [0, 0.05) is 24.3 Å². The Kier molecular flexibility index (Phi) is 41.1. The number of carboxylic acids is 5. The van der Waals surface area contributed by atoms with E-state index in [0.29, 0.717) is 0 Å². The van der Waals surface area contributed by atoms with Crippen molar-refractivity contribution < 1.29 is 112 Å². The zero-order valence-electron chi connectivity index (χ0n) is 55.2. The van der Waals surface area contributed by atoms with Gasteiger partial charge in [-0.05, 0) is 67.8 Å². The minimum absolute atomic E-state index is 0.0110. The van der Waals surface area contributed by atoms with Crippen molar-refractivity contribution in [1.82, 2.24) is 63.8 Å². The predicted octanol–water partition coefficient (Wildman–Crippen LogP) is -5.58. The van der Waals surface area contributed by atoms with Crippen molar-refractivity contribution in [2.75, 3.05) is 30.1 Å². The van der Waals surface area contributed by atoms with Gasteiger partial charge in [-0.25, -0.2) is 4.79 Å². The SMILES string of the molecule is CSCC[C@H](NC(=O)[C@@H](NC(=O)[C@H](CCC(N)=O)NC(=O)CNC(=O)[C@H](CC(=O)O)NC(=O)[C@H](CCC(=O)O)NC(=O)[C@H](CC(C)C)NC(=O)[C@@H](N)CS)C(C)C)C(=O)N[C@@H](CC(=O)O)C(=O)N[C@H](C(=O)N[C@@H](CC(=O)O)C(=O)N[C@@H](CC(C)C)C(=O)N[C@@H](CS)C(=O)O)C(C)C. The molecule has 21 N–H and O–H groups in total. The van der Waals surface area contributed by atoms with Gasteiger partial charge in [-0.1, -0.05) is 55.4 Å². The van der Waals surface area contributed by atoms with Gasteiger partial charge in [0.2, 0.25) is 76.8 Å². The van der Waals surface area contributed by atoms with Crippen molar-refractivity contribution >= 4 is 144 Å². The number of nitrogens with two attached hydrogens (primary N) is 2. The van der Waals surface area contributed by atoms with Crippen LogP contribution in [0.5, 0.6) is 0 Å². The number of thioether (sulfide) groups is 1. The first-order chi connectivity index (χ1) is 45.1. The quantitative estimate of drug-likeness (QED) is 0.0253. The van der Waals surface area contributed by atoms with Gasteiger partial charge in [0.25, 0.3) is 0 Å². The summed E-state index contributed by atoms with van der Waals surface area (Å²) in [4.78, 5) is 234. The summed E-state index contributed by atoms with van der Waals surface area (Å²) in [7, 11) is 0.